The maximum absolute atomic E-state index is 5.76. The molecule has 3 heteroatoms. The van der Waals surface area contributed by atoms with E-state index in [1.54, 1.807) is 0 Å². The Bertz CT molecular complexity index is 235. The van der Waals surface area contributed by atoms with Crippen LogP contribution in [0.2, 0.25) is 10.0 Å². The maximum Gasteiger partial charge on any atom is 0.0557 e. The van der Waals surface area contributed by atoms with Crippen LogP contribution in [0.15, 0.2) is 17.0 Å². The molecule has 0 bridgehead atoms. The van der Waals surface area contributed by atoms with E-state index in [0.29, 0.717) is 14.9 Å². The fourth-order valence-electron chi connectivity index (χ4n) is 0.692. The van der Waals surface area contributed by atoms with Crippen molar-refractivity contribution in [2.24, 2.45) is 0 Å². The number of thiol groups is 1. The van der Waals surface area contributed by atoms with E-state index in [1.807, 2.05) is 19.1 Å². The molecule has 0 N–H and O–H groups in total. The highest BCUT2D eigenvalue weighted by Gasteiger charge is 2.00. The molecular formula is C7H6Cl2S. The van der Waals surface area contributed by atoms with E-state index in [1.165, 1.54) is 0 Å². The molecule has 10 heavy (non-hydrogen) atoms. The lowest BCUT2D eigenvalue weighted by Gasteiger charge is -2.00. The van der Waals surface area contributed by atoms with Crippen LogP contribution >= 0.6 is 35.8 Å². The van der Waals surface area contributed by atoms with Gasteiger partial charge in [-0.2, -0.15) is 0 Å². The zero-order chi connectivity index (χ0) is 7.72. The number of aryl methyl sites for hydroxylation is 1. The molecule has 0 saturated heterocycles. The molecular weight excluding hydrogens is 187 g/mol. The van der Waals surface area contributed by atoms with Crippen molar-refractivity contribution in [1.29, 1.82) is 0 Å². The normalized spacial score (nSPS) is 10.0. The second kappa shape index (κ2) is 3.04. The number of hydrogen-bond acceptors (Lipinski definition) is 1. The summed E-state index contributed by atoms with van der Waals surface area (Å²) in [5.41, 5.74) is 1.05. The molecule has 1 rings (SSSR count). The Morgan fingerprint density at radius 3 is 2.00 bits per heavy atom. The molecule has 54 valence electrons. The summed E-state index contributed by atoms with van der Waals surface area (Å²) in [5.74, 6) is 0. The van der Waals surface area contributed by atoms with Gasteiger partial charge in [-0.15, -0.1) is 12.6 Å². The van der Waals surface area contributed by atoms with Gasteiger partial charge in [0.15, 0.2) is 0 Å². The summed E-state index contributed by atoms with van der Waals surface area (Å²) < 4.78 is 0. The third-order valence-corrected chi connectivity index (χ3v) is 2.50. The van der Waals surface area contributed by atoms with Gasteiger partial charge in [-0.1, -0.05) is 23.2 Å². The highest BCUT2D eigenvalue weighted by Crippen LogP contribution is 2.28. The van der Waals surface area contributed by atoms with Gasteiger partial charge in [0.1, 0.15) is 0 Å². The van der Waals surface area contributed by atoms with Crippen LogP contribution in [0, 0.1) is 6.92 Å². The van der Waals surface area contributed by atoms with E-state index < -0.39 is 0 Å². The molecule has 0 atom stereocenters. The predicted octanol–water partition coefficient (Wildman–Crippen LogP) is 3.59. The van der Waals surface area contributed by atoms with Gasteiger partial charge in [0.25, 0.3) is 0 Å². The molecule has 1 aromatic carbocycles. The van der Waals surface area contributed by atoms with Gasteiger partial charge in [0, 0.05) is 4.90 Å². The molecule has 0 aliphatic carbocycles. The first-order valence-corrected chi connectivity index (χ1v) is 3.96. The first-order valence-electron chi connectivity index (χ1n) is 2.76. The molecule has 0 spiro atoms. The first-order chi connectivity index (χ1) is 4.61. The van der Waals surface area contributed by atoms with E-state index in [4.69, 9.17) is 23.2 Å². The monoisotopic (exact) mass is 192 g/mol. The first kappa shape index (κ1) is 8.25. The van der Waals surface area contributed by atoms with Crippen molar-refractivity contribution in [1.82, 2.24) is 0 Å². The zero-order valence-electron chi connectivity index (χ0n) is 5.36. The van der Waals surface area contributed by atoms with Gasteiger partial charge < -0.3 is 0 Å². The molecule has 0 nitrogen and oxygen atoms in total. The minimum Gasteiger partial charge on any atom is -0.140 e. The fraction of sp³-hybridized carbons (Fsp3) is 0.143. The highest BCUT2D eigenvalue weighted by molar-refractivity contribution is 7.80. The molecule has 0 fully saturated rings. The van der Waals surface area contributed by atoms with Crippen molar-refractivity contribution >= 4 is 35.8 Å². The van der Waals surface area contributed by atoms with Crippen molar-refractivity contribution < 1.29 is 0 Å². The van der Waals surface area contributed by atoms with Gasteiger partial charge in [-0.3, -0.25) is 0 Å². The molecule has 0 aromatic heterocycles. The molecule has 0 saturated carbocycles. The second-order valence-electron chi connectivity index (χ2n) is 2.08. The third kappa shape index (κ3) is 1.60. The van der Waals surface area contributed by atoms with E-state index in [2.05, 4.69) is 12.6 Å². The molecule has 0 radical (unpaired) electrons. The fourth-order valence-corrected chi connectivity index (χ4v) is 1.42. The van der Waals surface area contributed by atoms with Crippen LogP contribution in [0.3, 0.4) is 0 Å². The Morgan fingerprint density at radius 1 is 1.20 bits per heavy atom. The number of rotatable bonds is 0. The molecule has 0 aliphatic heterocycles. The summed E-state index contributed by atoms with van der Waals surface area (Å²) in [6, 6.07) is 3.66. The average Bonchev–Trinajstić information content (AvgIpc) is 1.82. The van der Waals surface area contributed by atoms with Crippen LogP contribution in [0.5, 0.6) is 0 Å². The van der Waals surface area contributed by atoms with Crippen LogP contribution in [0.25, 0.3) is 0 Å². The quantitative estimate of drug-likeness (QED) is 0.598. The molecule has 1 aromatic rings. The molecule has 0 unspecified atom stereocenters. The van der Waals surface area contributed by atoms with Crippen molar-refractivity contribution in [2.45, 2.75) is 11.8 Å². The highest BCUT2D eigenvalue weighted by atomic mass is 35.5. The lowest BCUT2D eigenvalue weighted by Crippen LogP contribution is -1.75. The minimum atomic E-state index is 0.605. The minimum absolute atomic E-state index is 0.605. The third-order valence-electron chi connectivity index (χ3n) is 1.16. The van der Waals surface area contributed by atoms with Crippen LogP contribution in [-0.2, 0) is 0 Å². The van der Waals surface area contributed by atoms with E-state index in [0.717, 1.165) is 5.56 Å². The summed E-state index contributed by atoms with van der Waals surface area (Å²) >= 11 is 15.6. The Kier molecular flexibility index (Phi) is 2.50. The Morgan fingerprint density at radius 2 is 1.60 bits per heavy atom. The van der Waals surface area contributed by atoms with Gasteiger partial charge in [0.2, 0.25) is 0 Å². The van der Waals surface area contributed by atoms with Gasteiger partial charge in [-0.05, 0) is 24.6 Å². The van der Waals surface area contributed by atoms with Crippen molar-refractivity contribution in [3.63, 3.8) is 0 Å². The summed E-state index contributed by atoms with van der Waals surface area (Å²) in [6.07, 6.45) is 0. The molecule has 0 aliphatic rings. The number of halogens is 2. The Balaban J connectivity index is 3.31. The predicted molar refractivity (Wildman–Crippen MR) is 48.5 cm³/mol. The lowest BCUT2D eigenvalue weighted by molar-refractivity contribution is 1.38. The van der Waals surface area contributed by atoms with Crippen LogP contribution in [0.1, 0.15) is 5.56 Å². The van der Waals surface area contributed by atoms with E-state index in [-0.39, 0.29) is 0 Å². The van der Waals surface area contributed by atoms with Gasteiger partial charge >= 0.3 is 0 Å². The van der Waals surface area contributed by atoms with E-state index >= 15 is 0 Å². The van der Waals surface area contributed by atoms with Crippen molar-refractivity contribution in [3.05, 3.63) is 27.7 Å². The second-order valence-corrected chi connectivity index (χ2v) is 3.34. The topological polar surface area (TPSA) is 0 Å². The summed E-state index contributed by atoms with van der Waals surface area (Å²) in [6.45, 7) is 1.94. The van der Waals surface area contributed by atoms with Crippen molar-refractivity contribution in [2.75, 3.05) is 0 Å². The standard InChI is InChI=1S/C7H6Cl2S/c1-4-2-5(8)7(10)6(9)3-4/h2-3,10H,1H3. The molecule has 0 amide bonds. The van der Waals surface area contributed by atoms with E-state index in [9.17, 15) is 0 Å². The zero-order valence-corrected chi connectivity index (χ0v) is 7.76. The average molecular weight is 193 g/mol. The summed E-state index contributed by atoms with van der Waals surface area (Å²) in [5, 5.41) is 1.21. The Labute approximate surface area is 75.6 Å². The molecule has 0 heterocycles. The van der Waals surface area contributed by atoms with Crippen LogP contribution < -0.4 is 0 Å². The van der Waals surface area contributed by atoms with Crippen LogP contribution in [0.4, 0.5) is 0 Å². The van der Waals surface area contributed by atoms with Crippen molar-refractivity contribution in [3.8, 4) is 0 Å². The summed E-state index contributed by atoms with van der Waals surface area (Å²) in [7, 11) is 0. The largest absolute Gasteiger partial charge is 0.140 e. The number of benzene rings is 1. The maximum atomic E-state index is 5.76. The van der Waals surface area contributed by atoms with Crippen LogP contribution in [-0.4, -0.2) is 0 Å². The SMILES string of the molecule is Cc1cc(Cl)c(S)c(Cl)c1. The smallest absolute Gasteiger partial charge is 0.0557 e. The number of hydrogen-bond donors (Lipinski definition) is 1. The van der Waals surface area contributed by atoms with Gasteiger partial charge in [-0.25, -0.2) is 0 Å². The van der Waals surface area contributed by atoms with Gasteiger partial charge in [0.05, 0.1) is 10.0 Å². The Hall–Kier alpha value is 0.150. The summed E-state index contributed by atoms with van der Waals surface area (Å²) in [4.78, 5) is 0.647. The lowest BCUT2D eigenvalue weighted by atomic mass is 10.2.